The number of imidazole rings is 1. The van der Waals surface area contributed by atoms with Gasteiger partial charge in [-0.3, -0.25) is 0 Å². The van der Waals surface area contributed by atoms with Gasteiger partial charge in [-0.25, -0.2) is 4.98 Å². The molecule has 0 radical (unpaired) electrons. The highest BCUT2D eigenvalue weighted by Gasteiger charge is 2.31. The maximum atomic E-state index is 6.23. The topological polar surface area (TPSA) is 45.5 Å². The summed E-state index contributed by atoms with van der Waals surface area (Å²) in [5, 5.41) is 0.546. The van der Waals surface area contributed by atoms with Gasteiger partial charge in [-0.1, -0.05) is 11.6 Å². The minimum absolute atomic E-state index is 0. The number of benzene rings is 1. The molecule has 3 rings (SSSR count). The van der Waals surface area contributed by atoms with Gasteiger partial charge in [0.25, 0.3) is 0 Å². The summed E-state index contributed by atoms with van der Waals surface area (Å²) in [6.07, 6.45) is 7.76. The maximum absolute atomic E-state index is 6.23. The van der Waals surface area contributed by atoms with E-state index in [0.29, 0.717) is 16.5 Å². The van der Waals surface area contributed by atoms with E-state index >= 15 is 0 Å². The molecule has 1 fully saturated rings. The Morgan fingerprint density at radius 1 is 1.42 bits per heavy atom. The standard InChI is InChI=1S/C17H21ClN2O3.ClH/c1-12(22-17-6-3-13(21-2)9-15(17)18)16-5-4-14(23-16)10-20-8-7-19-11-20;/h3,6-9,11-12,14,16H,4-5,10H2,1-2H3;1H. The smallest absolute Gasteiger partial charge is 0.138 e. The molecule has 1 saturated heterocycles. The van der Waals surface area contributed by atoms with Gasteiger partial charge in [-0.05, 0) is 31.9 Å². The van der Waals surface area contributed by atoms with Crippen molar-refractivity contribution in [3.63, 3.8) is 0 Å². The number of aromatic nitrogens is 2. The van der Waals surface area contributed by atoms with Gasteiger partial charge in [0.1, 0.15) is 17.6 Å². The minimum Gasteiger partial charge on any atom is -0.497 e. The summed E-state index contributed by atoms with van der Waals surface area (Å²) in [6.45, 7) is 2.84. The monoisotopic (exact) mass is 372 g/mol. The van der Waals surface area contributed by atoms with E-state index < -0.39 is 0 Å². The molecule has 2 heterocycles. The molecule has 3 unspecified atom stereocenters. The average Bonchev–Trinajstić information content (AvgIpc) is 3.21. The van der Waals surface area contributed by atoms with Crippen LogP contribution in [0.4, 0.5) is 0 Å². The van der Waals surface area contributed by atoms with E-state index in [0.717, 1.165) is 19.4 Å². The molecule has 24 heavy (non-hydrogen) atoms. The van der Waals surface area contributed by atoms with Gasteiger partial charge in [0.15, 0.2) is 0 Å². The van der Waals surface area contributed by atoms with E-state index in [1.807, 2.05) is 36.1 Å². The largest absolute Gasteiger partial charge is 0.497 e. The summed E-state index contributed by atoms with van der Waals surface area (Å²) < 4.78 is 19.3. The summed E-state index contributed by atoms with van der Waals surface area (Å²) in [6, 6.07) is 5.42. The van der Waals surface area contributed by atoms with Gasteiger partial charge in [0.2, 0.25) is 0 Å². The average molecular weight is 373 g/mol. The van der Waals surface area contributed by atoms with Crippen molar-refractivity contribution in [2.75, 3.05) is 7.11 Å². The van der Waals surface area contributed by atoms with Crippen LogP contribution in [0.25, 0.3) is 0 Å². The second kappa shape index (κ2) is 8.60. The van der Waals surface area contributed by atoms with Crippen LogP contribution in [0, 0.1) is 0 Å². The quantitative estimate of drug-likeness (QED) is 0.768. The molecule has 0 amide bonds. The van der Waals surface area contributed by atoms with Gasteiger partial charge in [-0.15, -0.1) is 12.4 Å². The summed E-state index contributed by atoms with van der Waals surface area (Å²) in [7, 11) is 1.61. The number of ether oxygens (including phenoxy) is 3. The third-order valence-corrected chi connectivity index (χ3v) is 4.38. The lowest BCUT2D eigenvalue weighted by atomic mass is 10.1. The molecule has 7 heteroatoms. The zero-order valence-electron chi connectivity index (χ0n) is 13.7. The molecule has 1 aromatic carbocycles. The number of hydrogen-bond donors (Lipinski definition) is 0. The Hall–Kier alpha value is -1.43. The molecule has 0 N–H and O–H groups in total. The van der Waals surface area contributed by atoms with Crippen LogP contribution in [0.5, 0.6) is 11.5 Å². The van der Waals surface area contributed by atoms with Crippen molar-refractivity contribution in [1.82, 2.24) is 9.55 Å². The first-order valence-electron chi connectivity index (χ1n) is 7.77. The van der Waals surface area contributed by atoms with Crippen LogP contribution in [0.15, 0.2) is 36.9 Å². The van der Waals surface area contributed by atoms with E-state index in [9.17, 15) is 0 Å². The molecule has 1 aliphatic heterocycles. The fourth-order valence-corrected chi connectivity index (χ4v) is 3.04. The first-order valence-corrected chi connectivity index (χ1v) is 8.15. The molecule has 3 atom stereocenters. The highest BCUT2D eigenvalue weighted by atomic mass is 35.5. The summed E-state index contributed by atoms with van der Waals surface area (Å²) in [4.78, 5) is 4.06. The number of nitrogens with zero attached hydrogens (tertiary/aromatic N) is 2. The van der Waals surface area contributed by atoms with Gasteiger partial charge in [0.05, 0.1) is 30.7 Å². The summed E-state index contributed by atoms with van der Waals surface area (Å²) in [5.41, 5.74) is 0. The second-order valence-corrected chi connectivity index (χ2v) is 6.16. The molecule has 1 aliphatic rings. The highest BCUT2D eigenvalue weighted by molar-refractivity contribution is 6.32. The Kier molecular flexibility index (Phi) is 6.78. The molecule has 132 valence electrons. The Labute approximate surface area is 153 Å². The van der Waals surface area contributed by atoms with Crippen LogP contribution < -0.4 is 9.47 Å². The zero-order chi connectivity index (χ0) is 16.2. The molecule has 0 spiro atoms. The van der Waals surface area contributed by atoms with Crippen molar-refractivity contribution in [2.45, 2.75) is 44.6 Å². The van der Waals surface area contributed by atoms with Crippen LogP contribution in [0.3, 0.4) is 0 Å². The lowest BCUT2D eigenvalue weighted by Crippen LogP contribution is -2.30. The summed E-state index contributed by atoms with van der Waals surface area (Å²) in [5.74, 6) is 1.37. The molecule has 2 aromatic rings. The van der Waals surface area contributed by atoms with Crippen molar-refractivity contribution in [3.05, 3.63) is 41.9 Å². The zero-order valence-corrected chi connectivity index (χ0v) is 15.3. The predicted molar refractivity (Wildman–Crippen MR) is 95.5 cm³/mol. The normalized spacial score (nSPS) is 21.1. The SMILES string of the molecule is COc1ccc(OC(C)C2CCC(Cn3ccnc3)O2)c(Cl)c1.Cl. The van der Waals surface area contributed by atoms with Crippen LogP contribution in [-0.4, -0.2) is 35.0 Å². The van der Waals surface area contributed by atoms with Crippen molar-refractivity contribution >= 4 is 24.0 Å². The molecule has 0 aliphatic carbocycles. The van der Waals surface area contributed by atoms with Crippen LogP contribution >= 0.6 is 24.0 Å². The first kappa shape index (κ1) is 18.9. The first-order chi connectivity index (χ1) is 11.2. The number of halogens is 2. The molecular formula is C17H22Cl2N2O3. The molecular weight excluding hydrogens is 351 g/mol. The van der Waals surface area contributed by atoms with Crippen molar-refractivity contribution in [3.8, 4) is 11.5 Å². The predicted octanol–water partition coefficient (Wildman–Crippen LogP) is 3.98. The maximum Gasteiger partial charge on any atom is 0.138 e. The van der Waals surface area contributed by atoms with E-state index in [2.05, 4.69) is 4.98 Å². The summed E-state index contributed by atoms with van der Waals surface area (Å²) >= 11 is 6.23. The van der Waals surface area contributed by atoms with Gasteiger partial charge < -0.3 is 18.8 Å². The number of rotatable bonds is 6. The van der Waals surface area contributed by atoms with E-state index in [-0.39, 0.29) is 30.7 Å². The second-order valence-electron chi connectivity index (χ2n) is 5.75. The third kappa shape index (κ3) is 4.56. The lowest BCUT2D eigenvalue weighted by Gasteiger charge is -2.22. The number of methoxy groups -OCH3 is 1. The molecule has 0 bridgehead atoms. The molecule has 0 saturated carbocycles. The van der Waals surface area contributed by atoms with E-state index in [1.165, 1.54) is 0 Å². The van der Waals surface area contributed by atoms with E-state index in [4.69, 9.17) is 25.8 Å². The van der Waals surface area contributed by atoms with Gasteiger partial charge in [0, 0.05) is 25.0 Å². The fraction of sp³-hybridized carbons (Fsp3) is 0.471. The molecule has 1 aromatic heterocycles. The lowest BCUT2D eigenvalue weighted by molar-refractivity contribution is -0.0217. The Balaban J connectivity index is 0.00000208. The van der Waals surface area contributed by atoms with Crippen LogP contribution in [0.2, 0.25) is 5.02 Å². The Bertz CT molecular complexity index is 637. The van der Waals surface area contributed by atoms with E-state index in [1.54, 1.807) is 19.4 Å². The molecule has 5 nitrogen and oxygen atoms in total. The highest BCUT2D eigenvalue weighted by Crippen LogP contribution is 2.32. The van der Waals surface area contributed by atoms with Crippen LogP contribution in [-0.2, 0) is 11.3 Å². The van der Waals surface area contributed by atoms with Crippen LogP contribution in [0.1, 0.15) is 19.8 Å². The van der Waals surface area contributed by atoms with Crippen molar-refractivity contribution in [2.24, 2.45) is 0 Å². The Morgan fingerprint density at radius 2 is 2.25 bits per heavy atom. The van der Waals surface area contributed by atoms with Crippen molar-refractivity contribution in [1.29, 1.82) is 0 Å². The van der Waals surface area contributed by atoms with Gasteiger partial charge in [-0.2, -0.15) is 0 Å². The van der Waals surface area contributed by atoms with Gasteiger partial charge >= 0.3 is 0 Å². The fourth-order valence-electron chi connectivity index (χ4n) is 2.82. The Morgan fingerprint density at radius 3 is 2.92 bits per heavy atom. The van der Waals surface area contributed by atoms with Crippen molar-refractivity contribution < 1.29 is 14.2 Å². The third-order valence-electron chi connectivity index (χ3n) is 4.09. The number of hydrogen-bond acceptors (Lipinski definition) is 4. The minimum atomic E-state index is -0.0614.